The van der Waals surface area contributed by atoms with Crippen molar-refractivity contribution in [1.29, 1.82) is 0 Å². The molecule has 0 unspecified atom stereocenters. The van der Waals surface area contributed by atoms with Crippen molar-refractivity contribution in [2.45, 2.75) is 32.0 Å². The number of benzene rings is 2. The summed E-state index contributed by atoms with van der Waals surface area (Å²) in [6, 6.07) is 13.3. The Kier molecular flexibility index (Phi) is 6.90. The summed E-state index contributed by atoms with van der Waals surface area (Å²) < 4.78 is 16.4. The highest BCUT2D eigenvalue weighted by molar-refractivity contribution is 6.30. The molecule has 2 aromatic carbocycles. The van der Waals surface area contributed by atoms with Crippen LogP contribution in [0.1, 0.15) is 30.1 Å². The van der Waals surface area contributed by atoms with Crippen LogP contribution in [0.15, 0.2) is 48.5 Å². The molecule has 0 saturated carbocycles. The molecule has 1 amide bonds. The summed E-state index contributed by atoms with van der Waals surface area (Å²) in [6.45, 7) is 2.79. The third-order valence-corrected chi connectivity index (χ3v) is 4.57. The lowest BCUT2D eigenvalue weighted by atomic mass is 10.2. The van der Waals surface area contributed by atoms with Crippen molar-refractivity contribution in [2.75, 3.05) is 18.5 Å². The van der Waals surface area contributed by atoms with E-state index in [1.165, 1.54) is 6.92 Å². The second-order valence-corrected chi connectivity index (χ2v) is 6.95. The predicted octanol–water partition coefficient (Wildman–Crippen LogP) is 4.08. The molecule has 148 valence electrons. The zero-order valence-corrected chi connectivity index (χ0v) is 16.3. The molecule has 1 aliphatic heterocycles. The van der Waals surface area contributed by atoms with Gasteiger partial charge >= 0.3 is 5.97 Å². The van der Waals surface area contributed by atoms with Gasteiger partial charge in [0.15, 0.2) is 6.10 Å². The molecule has 0 spiro atoms. The summed E-state index contributed by atoms with van der Waals surface area (Å²) in [5, 5.41) is 3.24. The number of anilines is 1. The van der Waals surface area contributed by atoms with Crippen LogP contribution in [0.4, 0.5) is 5.69 Å². The Morgan fingerprint density at radius 2 is 1.89 bits per heavy atom. The average Bonchev–Trinajstić information content (AvgIpc) is 3.22. The quantitative estimate of drug-likeness (QED) is 0.705. The van der Waals surface area contributed by atoms with Crippen molar-refractivity contribution in [1.82, 2.24) is 0 Å². The van der Waals surface area contributed by atoms with Crippen molar-refractivity contribution in [3.8, 4) is 5.75 Å². The smallest absolute Gasteiger partial charge is 0.338 e. The largest absolute Gasteiger partial charge is 0.491 e. The molecule has 0 aromatic heterocycles. The standard InChI is InChI=1S/C21H22ClNO5/c1-14(20(24)23-17-8-6-16(22)7-9-17)28-21(25)15-4-10-18(11-5-15)27-13-19-3-2-12-26-19/h4-11,14,19H,2-3,12-13H2,1H3,(H,23,24)/t14-,19+/m1/s1. The van der Waals surface area contributed by atoms with Crippen LogP contribution in [0, 0.1) is 0 Å². The maximum Gasteiger partial charge on any atom is 0.338 e. The number of amides is 1. The van der Waals surface area contributed by atoms with Crippen molar-refractivity contribution < 1.29 is 23.8 Å². The molecule has 2 aromatic rings. The SMILES string of the molecule is C[C@@H](OC(=O)c1ccc(OC[C@@H]2CCCO2)cc1)C(=O)Nc1ccc(Cl)cc1. The minimum absolute atomic E-state index is 0.129. The van der Waals surface area contributed by atoms with E-state index in [0.29, 0.717) is 28.6 Å². The highest BCUT2D eigenvalue weighted by Crippen LogP contribution is 2.18. The van der Waals surface area contributed by atoms with Gasteiger partial charge in [-0.15, -0.1) is 0 Å². The maximum absolute atomic E-state index is 12.3. The van der Waals surface area contributed by atoms with E-state index >= 15 is 0 Å². The fourth-order valence-electron chi connectivity index (χ4n) is 2.71. The third kappa shape index (κ3) is 5.71. The molecule has 3 rings (SSSR count). The number of rotatable bonds is 7. The number of hydrogen-bond acceptors (Lipinski definition) is 5. The zero-order chi connectivity index (χ0) is 19.9. The molecule has 1 saturated heterocycles. The first-order chi connectivity index (χ1) is 13.5. The van der Waals surface area contributed by atoms with Crippen LogP contribution < -0.4 is 10.1 Å². The molecule has 28 heavy (non-hydrogen) atoms. The summed E-state index contributed by atoms with van der Waals surface area (Å²) >= 11 is 5.81. The molecular formula is C21H22ClNO5. The zero-order valence-electron chi connectivity index (χ0n) is 15.5. The van der Waals surface area contributed by atoms with Crippen LogP contribution in [0.2, 0.25) is 5.02 Å². The first-order valence-electron chi connectivity index (χ1n) is 9.13. The van der Waals surface area contributed by atoms with Gasteiger partial charge in [0.05, 0.1) is 11.7 Å². The number of carbonyl (C=O) groups excluding carboxylic acids is 2. The second kappa shape index (κ2) is 9.57. The van der Waals surface area contributed by atoms with Gasteiger partial charge in [-0.2, -0.15) is 0 Å². The Balaban J connectivity index is 1.48. The topological polar surface area (TPSA) is 73.9 Å². The first-order valence-corrected chi connectivity index (χ1v) is 9.51. The van der Waals surface area contributed by atoms with E-state index in [9.17, 15) is 9.59 Å². The monoisotopic (exact) mass is 403 g/mol. The predicted molar refractivity (Wildman–Crippen MR) is 106 cm³/mol. The molecule has 6 nitrogen and oxygen atoms in total. The van der Waals surface area contributed by atoms with Crippen LogP contribution in [0.5, 0.6) is 5.75 Å². The van der Waals surface area contributed by atoms with Crippen LogP contribution >= 0.6 is 11.6 Å². The van der Waals surface area contributed by atoms with Gasteiger partial charge in [0.1, 0.15) is 12.4 Å². The summed E-state index contributed by atoms with van der Waals surface area (Å²) in [7, 11) is 0. The number of ether oxygens (including phenoxy) is 3. The van der Waals surface area contributed by atoms with Gasteiger partial charge in [-0.05, 0) is 68.3 Å². The summed E-state index contributed by atoms with van der Waals surface area (Å²) in [5.74, 6) is -0.350. The number of carbonyl (C=O) groups is 2. The van der Waals surface area contributed by atoms with E-state index in [2.05, 4.69) is 5.32 Å². The van der Waals surface area contributed by atoms with Gasteiger partial charge in [0.2, 0.25) is 0 Å². The molecule has 1 fully saturated rings. The Morgan fingerprint density at radius 1 is 1.18 bits per heavy atom. The van der Waals surface area contributed by atoms with Crippen LogP contribution in [-0.4, -0.2) is 37.3 Å². The lowest BCUT2D eigenvalue weighted by Crippen LogP contribution is -2.30. The van der Waals surface area contributed by atoms with Gasteiger partial charge in [0.25, 0.3) is 5.91 Å². The Morgan fingerprint density at radius 3 is 2.54 bits per heavy atom. The number of hydrogen-bond donors (Lipinski definition) is 1. The minimum atomic E-state index is -0.946. The van der Waals surface area contributed by atoms with Crippen molar-refractivity contribution in [2.24, 2.45) is 0 Å². The van der Waals surface area contributed by atoms with Crippen molar-refractivity contribution >= 4 is 29.2 Å². The first kappa shape index (κ1) is 20.2. The maximum atomic E-state index is 12.3. The van der Waals surface area contributed by atoms with E-state index in [4.69, 9.17) is 25.8 Å². The average molecular weight is 404 g/mol. The molecule has 7 heteroatoms. The molecule has 0 aliphatic carbocycles. The van der Waals surface area contributed by atoms with Crippen molar-refractivity contribution in [3.05, 3.63) is 59.1 Å². The normalized spacial score (nSPS) is 17.0. The van der Waals surface area contributed by atoms with Crippen LogP contribution in [-0.2, 0) is 14.3 Å². The van der Waals surface area contributed by atoms with Gasteiger partial charge in [-0.3, -0.25) is 4.79 Å². The Labute approximate surface area is 168 Å². The molecule has 1 N–H and O–H groups in total. The van der Waals surface area contributed by atoms with E-state index in [1.807, 2.05) is 0 Å². The summed E-state index contributed by atoms with van der Waals surface area (Å²) in [5.41, 5.74) is 0.917. The third-order valence-electron chi connectivity index (χ3n) is 4.31. The van der Waals surface area contributed by atoms with Gasteiger partial charge < -0.3 is 19.5 Å². The van der Waals surface area contributed by atoms with Crippen LogP contribution in [0.25, 0.3) is 0 Å². The van der Waals surface area contributed by atoms with Gasteiger partial charge in [-0.25, -0.2) is 4.79 Å². The molecular weight excluding hydrogens is 382 g/mol. The fraction of sp³-hybridized carbons (Fsp3) is 0.333. The van der Waals surface area contributed by atoms with E-state index in [-0.39, 0.29) is 6.10 Å². The fourth-order valence-corrected chi connectivity index (χ4v) is 2.84. The highest BCUT2D eigenvalue weighted by atomic mass is 35.5. The van der Waals surface area contributed by atoms with E-state index < -0.39 is 18.0 Å². The van der Waals surface area contributed by atoms with E-state index in [0.717, 1.165) is 19.4 Å². The molecule has 2 atom stereocenters. The molecule has 1 aliphatic rings. The van der Waals surface area contributed by atoms with Crippen molar-refractivity contribution in [3.63, 3.8) is 0 Å². The minimum Gasteiger partial charge on any atom is -0.491 e. The van der Waals surface area contributed by atoms with E-state index in [1.54, 1.807) is 48.5 Å². The van der Waals surface area contributed by atoms with Gasteiger partial charge in [-0.1, -0.05) is 11.6 Å². The van der Waals surface area contributed by atoms with Crippen LogP contribution in [0.3, 0.4) is 0 Å². The summed E-state index contributed by atoms with van der Waals surface area (Å²) in [4.78, 5) is 24.4. The second-order valence-electron chi connectivity index (χ2n) is 6.51. The van der Waals surface area contributed by atoms with Gasteiger partial charge in [0, 0.05) is 17.3 Å². The Bertz CT molecular complexity index is 801. The molecule has 1 heterocycles. The number of nitrogens with one attached hydrogen (secondary N) is 1. The molecule has 0 radical (unpaired) electrons. The number of halogens is 1. The Hall–Kier alpha value is -2.57. The lowest BCUT2D eigenvalue weighted by molar-refractivity contribution is -0.123. The lowest BCUT2D eigenvalue weighted by Gasteiger charge is -2.14. The highest BCUT2D eigenvalue weighted by Gasteiger charge is 2.19. The number of esters is 1. The summed E-state index contributed by atoms with van der Waals surface area (Å²) in [6.07, 6.45) is 1.24. The molecule has 0 bridgehead atoms.